The summed E-state index contributed by atoms with van der Waals surface area (Å²) in [6.07, 6.45) is 11.4. The zero-order valence-electron chi connectivity index (χ0n) is 35.0. The van der Waals surface area contributed by atoms with Crippen molar-refractivity contribution in [1.29, 1.82) is 0 Å². The minimum absolute atomic E-state index is 0.0377. The molecular formula is C40H70N3O9PS. The van der Waals surface area contributed by atoms with Crippen LogP contribution in [0.2, 0.25) is 0 Å². The van der Waals surface area contributed by atoms with E-state index in [4.69, 9.17) is 9.47 Å². The highest BCUT2D eigenvalue weighted by molar-refractivity contribution is 7.98. The fourth-order valence-electron chi connectivity index (χ4n) is 4.86. The molecule has 0 saturated heterocycles. The maximum absolute atomic E-state index is 13.5. The standard InChI is InChI=1S/C40H70N3O9PS/c1-27(2)15-13-16-30(7)17-14-18-31(8)19-22-53(49,50)23-20-34(45)42-35(28(3)4)38(47)43-36(29(5)6)37(46)41-32(21-24-54-12)39(48)52-26-51-25-33(44)40(9,10)11/h15,17,19,28-29,32,35-36H,13-14,16,18,20-26H2,1-12H3,(H,41,46)(H,42,45)(H,43,47)(H,49,50)/b30-17-,31-19+/t32-,35-,36-/m0/s1. The van der Waals surface area contributed by atoms with E-state index in [0.717, 1.165) is 31.3 Å². The summed E-state index contributed by atoms with van der Waals surface area (Å²) in [6, 6.07) is -3.09. The van der Waals surface area contributed by atoms with Crippen molar-refractivity contribution in [2.24, 2.45) is 17.3 Å². The lowest BCUT2D eigenvalue weighted by atomic mass is 9.91. The van der Waals surface area contributed by atoms with Crippen molar-refractivity contribution in [3.63, 3.8) is 0 Å². The number of carbonyl (C=O) groups excluding carboxylic acids is 5. The topological polar surface area (TPSA) is 177 Å². The van der Waals surface area contributed by atoms with Gasteiger partial charge in [0.2, 0.25) is 25.1 Å². The Morgan fingerprint density at radius 2 is 1.33 bits per heavy atom. The molecule has 0 radical (unpaired) electrons. The molecule has 0 saturated carbocycles. The predicted molar refractivity (Wildman–Crippen MR) is 219 cm³/mol. The van der Waals surface area contributed by atoms with E-state index in [2.05, 4.69) is 48.9 Å². The van der Waals surface area contributed by atoms with Gasteiger partial charge in [0.1, 0.15) is 24.7 Å². The van der Waals surface area contributed by atoms with Crippen LogP contribution < -0.4 is 16.0 Å². The van der Waals surface area contributed by atoms with Crippen LogP contribution >= 0.6 is 19.1 Å². The van der Waals surface area contributed by atoms with Gasteiger partial charge in [-0.25, -0.2) is 4.79 Å². The molecule has 0 heterocycles. The Kier molecular flexibility index (Phi) is 24.9. The van der Waals surface area contributed by atoms with Gasteiger partial charge in [0, 0.05) is 24.2 Å². The van der Waals surface area contributed by atoms with Crippen LogP contribution in [0.15, 0.2) is 34.9 Å². The Morgan fingerprint density at radius 1 is 0.796 bits per heavy atom. The van der Waals surface area contributed by atoms with Crippen LogP contribution in [0.4, 0.5) is 0 Å². The van der Waals surface area contributed by atoms with Crippen LogP contribution in [0.5, 0.6) is 0 Å². The summed E-state index contributed by atoms with van der Waals surface area (Å²) in [5, 5.41) is 8.08. The van der Waals surface area contributed by atoms with Crippen LogP contribution in [-0.2, 0) is 38.0 Å². The smallest absolute Gasteiger partial charge is 0.330 e. The Hall–Kier alpha value is -2.73. The number of hydrogen-bond acceptors (Lipinski definition) is 9. The fraction of sp³-hybridized carbons (Fsp3) is 0.725. The molecule has 0 spiro atoms. The number of esters is 1. The number of rotatable bonds is 26. The number of allylic oxidation sites excluding steroid dienone is 6. The summed E-state index contributed by atoms with van der Waals surface area (Å²) in [6.45, 7) is 19.8. The van der Waals surface area contributed by atoms with Crippen molar-refractivity contribution in [3.05, 3.63) is 34.9 Å². The van der Waals surface area contributed by atoms with Crippen molar-refractivity contribution in [2.45, 2.75) is 133 Å². The zero-order valence-corrected chi connectivity index (χ0v) is 36.7. The average Bonchev–Trinajstić information content (AvgIpc) is 3.06. The number of carbonyl (C=O) groups is 5. The van der Waals surface area contributed by atoms with Gasteiger partial charge in [-0.1, -0.05) is 83.4 Å². The van der Waals surface area contributed by atoms with Gasteiger partial charge < -0.3 is 30.3 Å². The second kappa shape index (κ2) is 26.2. The van der Waals surface area contributed by atoms with E-state index in [1.165, 1.54) is 22.9 Å². The van der Waals surface area contributed by atoms with Crippen LogP contribution in [0, 0.1) is 17.3 Å². The number of nitrogens with one attached hydrogen (secondary N) is 3. The molecule has 0 fully saturated rings. The second-order valence-electron chi connectivity index (χ2n) is 15.9. The number of Topliss-reactive ketones (excluding diaryl/α,β-unsaturated/α-hetero) is 1. The fourth-order valence-corrected chi connectivity index (χ4v) is 6.66. The van der Waals surface area contributed by atoms with Gasteiger partial charge in [-0.15, -0.1) is 0 Å². The molecule has 4 atom stereocenters. The summed E-state index contributed by atoms with van der Waals surface area (Å²) in [5.74, 6) is -2.85. The molecule has 0 aliphatic carbocycles. The molecule has 3 amide bonds. The van der Waals surface area contributed by atoms with Gasteiger partial charge in [0.05, 0.1) is 0 Å². The minimum atomic E-state index is -3.64. The first-order valence-corrected chi connectivity index (χ1v) is 22.3. The van der Waals surface area contributed by atoms with E-state index in [9.17, 15) is 33.4 Å². The molecule has 0 aliphatic rings. The Morgan fingerprint density at radius 3 is 1.87 bits per heavy atom. The molecule has 0 aromatic carbocycles. The first kappa shape index (κ1) is 51.3. The van der Waals surface area contributed by atoms with Crippen LogP contribution in [-0.4, -0.2) is 90.2 Å². The normalized spacial score (nSPS) is 15.2. The summed E-state index contributed by atoms with van der Waals surface area (Å²) >= 11 is 1.48. The molecule has 14 heteroatoms. The van der Waals surface area contributed by atoms with Gasteiger partial charge in [0.25, 0.3) is 0 Å². The van der Waals surface area contributed by atoms with E-state index < -0.39 is 61.4 Å². The molecule has 12 nitrogen and oxygen atoms in total. The number of ether oxygens (including phenoxy) is 2. The Labute approximate surface area is 329 Å². The van der Waals surface area contributed by atoms with Crippen LogP contribution in [0.3, 0.4) is 0 Å². The highest BCUT2D eigenvalue weighted by Crippen LogP contribution is 2.41. The summed E-state index contributed by atoms with van der Waals surface area (Å²) < 4.78 is 23.3. The third-order valence-electron chi connectivity index (χ3n) is 8.61. The molecule has 0 rings (SSSR count). The first-order chi connectivity index (χ1) is 25.0. The average molecular weight is 800 g/mol. The number of ketones is 1. The largest absolute Gasteiger partial charge is 0.437 e. The maximum Gasteiger partial charge on any atom is 0.330 e. The maximum atomic E-state index is 13.5. The van der Waals surface area contributed by atoms with Crippen molar-refractivity contribution in [1.82, 2.24) is 16.0 Å². The monoisotopic (exact) mass is 799 g/mol. The first-order valence-electron chi connectivity index (χ1n) is 18.9. The van der Waals surface area contributed by atoms with Crippen molar-refractivity contribution >= 4 is 48.6 Å². The highest BCUT2D eigenvalue weighted by atomic mass is 32.2. The van der Waals surface area contributed by atoms with Gasteiger partial charge in [-0.2, -0.15) is 11.8 Å². The van der Waals surface area contributed by atoms with E-state index >= 15 is 0 Å². The minimum Gasteiger partial charge on any atom is -0.437 e. The predicted octanol–water partition coefficient (Wildman–Crippen LogP) is 6.72. The van der Waals surface area contributed by atoms with Crippen molar-refractivity contribution < 1.29 is 42.9 Å². The molecule has 310 valence electrons. The molecule has 0 bridgehead atoms. The Bertz CT molecular complexity index is 1360. The van der Waals surface area contributed by atoms with Gasteiger partial charge in [0.15, 0.2) is 12.6 Å². The van der Waals surface area contributed by atoms with Crippen molar-refractivity contribution in [3.8, 4) is 0 Å². The van der Waals surface area contributed by atoms with E-state index in [-0.39, 0.29) is 49.4 Å². The molecule has 0 aromatic rings. The lowest BCUT2D eigenvalue weighted by molar-refractivity contribution is -0.162. The SMILES string of the molecule is CSCC[C@H](NC(=O)[C@@H](NC(=O)[C@@H](NC(=O)CCP(=O)(O)C/C=C(\C)CC/C=C(/C)CCC=C(C)C)C(C)C)C(C)C)C(=O)OCOCC(=O)C(C)(C)C. The molecule has 1 unspecified atom stereocenters. The van der Waals surface area contributed by atoms with E-state index in [0.29, 0.717) is 5.75 Å². The quantitative estimate of drug-likeness (QED) is 0.0242. The van der Waals surface area contributed by atoms with Gasteiger partial charge >= 0.3 is 5.97 Å². The lowest BCUT2D eigenvalue weighted by Crippen LogP contribution is -2.58. The van der Waals surface area contributed by atoms with E-state index in [1.807, 2.05) is 13.2 Å². The summed E-state index contributed by atoms with van der Waals surface area (Å²) in [4.78, 5) is 75.4. The molecular weight excluding hydrogens is 729 g/mol. The third kappa shape index (κ3) is 23.2. The molecule has 4 N–H and O–H groups in total. The number of thioether (sulfide) groups is 1. The zero-order chi connectivity index (χ0) is 41.6. The molecule has 0 aliphatic heterocycles. The van der Waals surface area contributed by atoms with Crippen LogP contribution in [0.1, 0.15) is 115 Å². The Balaban J connectivity index is 5.29. The molecule has 0 aromatic heterocycles. The van der Waals surface area contributed by atoms with Crippen molar-refractivity contribution in [2.75, 3.05) is 37.7 Å². The third-order valence-corrected chi connectivity index (χ3v) is 10.9. The van der Waals surface area contributed by atoms with Gasteiger partial charge in [-0.3, -0.25) is 23.7 Å². The summed E-state index contributed by atoms with van der Waals surface area (Å²) in [7, 11) is -3.64. The second-order valence-corrected chi connectivity index (χ2v) is 19.4. The van der Waals surface area contributed by atoms with Gasteiger partial charge in [-0.05, 0) is 83.6 Å². The van der Waals surface area contributed by atoms with Crippen LogP contribution in [0.25, 0.3) is 0 Å². The number of hydrogen-bond donors (Lipinski definition) is 4. The summed E-state index contributed by atoms with van der Waals surface area (Å²) in [5.41, 5.74) is 3.03. The highest BCUT2D eigenvalue weighted by Gasteiger charge is 2.33. The molecule has 54 heavy (non-hydrogen) atoms. The number of amides is 3. The lowest BCUT2D eigenvalue weighted by Gasteiger charge is -2.28. The van der Waals surface area contributed by atoms with E-state index in [1.54, 1.807) is 54.5 Å².